The van der Waals surface area contributed by atoms with Gasteiger partial charge in [0.05, 0.1) is 10.5 Å². The summed E-state index contributed by atoms with van der Waals surface area (Å²) in [4.78, 5) is 11.7. The first-order chi connectivity index (χ1) is 14.1. The molecular weight excluding hydrogens is 386 g/mol. The van der Waals surface area contributed by atoms with Gasteiger partial charge in [0.2, 0.25) is 4.96 Å². The van der Waals surface area contributed by atoms with Crippen LogP contribution in [0.15, 0.2) is 60.7 Å². The Balaban J connectivity index is 1.59. The highest BCUT2D eigenvalue weighted by atomic mass is 32.1. The van der Waals surface area contributed by atoms with Gasteiger partial charge >= 0.3 is 0 Å². The quantitative estimate of drug-likeness (QED) is 0.318. The molecule has 0 aliphatic carbocycles. The molecule has 0 spiro atoms. The number of aromatic nitrogens is 4. The molecule has 0 aliphatic rings. The average molecular weight is 401 g/mol. The Hall–Kier alpha value is -3.65. The zero-order valence-electron chi connectivity index (χ0n) is 15.4. The van der Waals surface area contributed by atoms with Gasteiger partial charge in [-0.1, -0.05) is 59.9 Å². The molecule has 0 saturated carbocycles. The molecule has 0 aliphatic heterocycles. The summed E-state index contributed by atoms with van der Waals surface area (Å²) in [7, 11) is 0. The van der Waals surface area contributed by atoms with Crippen LogP contribution in [0.3, 0.4) is 0 Å². The maximum Gasteiger partial charge on any atom is 0.279 e. The number of hydrogen-bond donors (Lipinski definition) is 0. The fraction of sp³-hybridized carbons (Fsp3) is 0.0952. The molecule has 5 aromatic rings. The zero-order valence-corrected chi connectivity index (χ0v) is 16.3. The fourth-order valence-corrected chi connectivity index (χ4v) is 4.36. The average Bonchev–Trinajstić information content (AvgIpc) is 3.30. The van der Waals surface area contributed by atoms with E-state index in [0.29, 0.717) is 27.8 Å². The molecule has 0 radical (unpaired) electrons. The van der Waals surface area contributed by atoms with Crippen molar-refractivity contribution in [3.63, 3.8) is 0 Å². The van der Waals surface area contributed by atoms with Crippen LogP contribution >= 0.6 is 11.3 Å². The van der Waals surface area contributed by atoms with Gasteiger partial charge in [-0.15, -0.1) is 10.2 Å². The predicted molar refractivity (Wildman–Crippen MR) is 112 cm³/mol. The van der Waals surface area contributed by atoms with Crippen LogP contribution in [0.1, 0.15) is 17.0 Å². The van der Waals surface area contributed by atoms with Crippen molar-refractivity contribution < 1.29 is 4.92 Å². The summed E-state index contributed by atoms with van der Waals surface area (Å²) in [5, 5.41) is 27.5. The Morgan fingerprint density at radius 3 is 2.76 bits per heavy atom. The van der Waals surface area contributed by atoms with Crippen molar-refractivity contribution in [1.82, 2.24) is 19.8 Å². The van der Waals surface area contributed by atoms with Crippen LogP contribution in [0.4, 0.5) is 5.69 Å². The lowest BCUT2D eigenvalue weighted by Crippen LogP contribution is -1.99. The van der Waals surface area contributed by atoms with Gasteiger partial charge in [0, 0.05) is 12.5 Å². The van der Waals surface area contributed by atoms with E-state index in [-0.39, 0.29) is 10.6 Å². The van der Waals surface area contributed by atoms with Crippen LogP contribution in [-0.2, 0) is 6.42 Å². The second-order valence-electron chi connectivity index (χ2n) is 6.81. The Morgan fingerprint density at radius 2 is 1.90 bits per heavy atom. The highest BCUT2D eigenvalue weighted by Gasteiger charge is 2.21. The van der Waals surface area contributed by atoms with E-state index in [2.05, 4.69) is 39.6 Å². The molecule has 2 aromatic heterocycles. The molecule has 29 heavy (non-hydrogen) atoms. The molecule has 142 valence electrons. The first kappa shape index (κ1) is 17.4. The molecule has 0 amide bonds. The van der Waals surface area contributed by atoms with Crippen molar-refractivity contribution in [3.8, 4) is 10.6 Å². The number of hydrogen-bond acceptors (Lipinski definition) is 6. The topological polar surface area (TPSA) is 86.2 Å². The Labute approximate surface area is 169 Å². The standard InChI is InChI=1S/C21H15N5O2S/c1-13-9-10-17(18(11-13)26(27)28)20-24-25-19(22-23-21(25)29-20)12-15-7-4-6-14-5-2-3-8-16(14)15/h2-11H,12H2,1H3. The van der Waals surface area contributed by atoms with E-state index in [1.165, 1.54) is 16.7 Å². The molecule has 8 heteroatoms. The van der Waals surface area contributed by atoms with Crippen molar-refractivity contribution in [2.45, 2.75) is 13.3 Å². The second-order valence-corrected chi connectivity index (χ2v) is 7.77. The highest BCUT2D eigenvalue weighted by molar-refractivity contribution is 7.19. The molecule has 3 aromatic carbocycles. The largest absolute Gasteiger partial charge is 0.279 e. The Morgan fingerprint density at radius 1 is 1.07 bits per heavy atom. The lowest BCUT2D eigenvalue weighted by molar-refractivity contribution is -0.384. The summed E-state index contributed by atoms with van der Waals surface area (Å²) < 4.78 is 1.69. The van der Waals surface area contributed by atoms with Gasteiger partial charge < -0.3 is 0 Å². The minimum atomic E-state index is -0.373. The number of nitro benzene ring substituents is 1. The van der Waals surface area contributed by atoms with E-state index in [0.717, 1.165) is 16.5 Å². The molecule has 5 rings (SSSR count). The molecule has 0 bridgehead atoms. The van der Waals surface area contributed by atoms with Gasteiger partial charge in [0.15, 0.2) is 10.8 Å². The number of benzene rings is 3. The van der Waals surface area contributed by atoms with E-state index >= 15 is 0 Å². The summed E-state index contributed by atoms with van der Waals surface area (Å²) in [6, 6.07) is 19.5. The van der Waals surface area contributed by atoms with Gasteiger partial charge in [-0.2, -0.15) is 9.61 Å². The Bertz CT molecular complexity index is 1380. The Kier molecular flexibility index (Phi) is 4.06. The molecule has 7 nitrogen and oxygen atoms in total. The summed E-state index contributed by atoms with van der Waals surface area (Å²) in [6.07, 6.45) is 0.571. The monoisotopic (exact) mass is 401 g/mol. The van der Waals surface area contributed by atoms with E-state index in [1.807, 2.05) is 31.2 Å². The van der Waals surface area contributed by atoms with Crippen LogP contribution in [0.5, 0.6) is 0 Å². The third-order valence-corrected chi connectivity index (χ3v) is 5.80. The lowest BCUT2D eigenvalue weighted by Gasteiger charge is -2.04. The number of nitrogens with zero attached hydrogens (tertiary/aromatic N) is 5. The first-order valence-electron chi connectivity index (χ1n) is 9.03. The van der Waals surface area contributed by atoms with Gasteiger partial charge in [-0.05, 0) is 34.9 Å². The van der Waals surface area contributed by atoms with Crippen molar-refractivity contribution >= 4 is 32.8 Å². The zero-order chi connectivity index (χ0) is 20.0. The maximum absolute atomic E-state index is 11.5. The number of nitro groups is 1. The molecule has 0 N–H and O–H groups in total. The van der Waals surface area contributed by atoms with E-state index in [1.54, 1.807) is 16.6 Å². The number of fused-ring (bicyclic) bond motifs is 2. The van der Waals surface area contributed by atoms with Crippen LogP contribution < -0.4 is 0 Å². The summed E-state index contributed by atoms with van der Waals surface area (Å²) in [6.45, 7) is 1.83. The lowest BCUT2D eigenvalue weighted by atomic mass is 10.0. The highest BCUT2D eigenvalue weighted by Crippen LogP contribution is 2.34. The van der Waals surface area contributed by atoms with Crippen molar-refractivity contribution in [2.24, 2.45) is 0 Å². The predicted octanol–water partition coefficient (Wildman–Crippen LogP) is 4.81. The van der Waals surface area contributed by atoms with E-state index in [9.17, 15) is 10.1 Å². The third-order valence-electron chi connectivity index (χ3n) is 4.86. The maximum atomic E-state index is 11.5. The van der Waals surface area contributed by atoms with Crippen molar-refractivity contribution in [1.29, 1.82) is 0 Å². The van der Waals surface area contributed by atoms with Crippen LogP contribution in [0.2, 0.25) is 0 Å². The third kappa shape index (κ3) is 3.03. The second kappa shape index (κ2) is 6.75. The molecule has 2 heterocycles. The molecular formula is C21H15N5O2S. The first-order valence-corrected chi connectivity index (χ1v) is 9.85. The number of aryl methyl sites for hydroxylation is 1. The van der Waals surface area contributed by atoms with Gasteiger partial charge in [-0.25, -0.2) is 0 Å². The minimum Gasteiger partial charge on any atom is -0.258 e. The van der Waals surface area contributed by atoms with Gasteiger partial charge in [0.1, 0.15) is 0 Å². The van der Waals surface area contributed by atoms with Crippen molar-refractivity contribution in [3.05, 3.63) is 87.7 Å². The summed E-state index contributed by atoms with van der Waals surface area (Å²) in [5.74, 6) is 0.702. The minimum absolute atomic E-state index is 0.0468. The van der Waals surface area contributed by atoms with Crippen molar-refractivity contribution in [2.75, 3.05) is 0 Å². The van der Waals surface area contributed by atoms with Crippen LogP contribution in [0.25, 0.3) is 26.3 Å². The van der Waals surface area contributed by atoms with E-state index in [4.69, 9.17) is 0 Å². The fourth-order valence-electron chi connectivity index (χ4n) is 3.47. The molecule has 0 fully saturated rings. The molecule has 0 unspecified atom stereocenters. The summed E-state index contributed by atoms with van der Waals surface area (Å²) in [5.41, 5.74) is 2.51. The normalized spacial score (nSPS) is 11.3. The van der Waals surface area contributed by atoms with Gasteiger partial charge in [0.25, 0.3) is 5.69 Å². The van der Waals surface area contributed by atoms with Crippen LogP contribution in [-0.4, -0.2) is 24.7 Å². The smallest absolute Gasteiger partial charge is 0.258 e. The van der Waals surface area contributed by atoms with Gasteiger partial charge in [-0.3, -0.25) is 10.1 Å². The SMILES string of the molecule is Cc1ccc(-c2nn3c(Cc4cccc5ccccc45)nnc3s2)c([N+](=O)[O-])c1. The van der Waals surface area contributed by atoms with Crippen LogP contribution in [0, 0.1) is 17.0 Å². The number of rotatable bonds is 4. The molecule has 0 saturated heterocycles. The van der Waals surface area contributed by atoms with E-state index < -0.39 is 0 Å². The molecule has 0 atom stereocenters. The summed E-state index contributed by atoms with van der Waals surface area (Å²) >= 11 is 1.30.